The molecule has 1 fully saturated rings. The lowest BCUT2D eigenvalue weighted by Gasteiger charge is -2.46. The third-order valence-electron chi connectivity index (χ3n) is 4.85. The number of nitrogens with one attached hydrogen (secondary N) is 1. The first-order valence-corrected chi connectivity index (χ1v) is 7.62. The standard InChI is InChI=1S/C17H25NO/c1-12-9-13(2)11-17(19,10-12)16-15-6-4-3-5-14(15)7-8-18-16/h3-6,12-13,16,18-19H,7-11H2,1-2H3. The highest BCUT2D eigenvalue weighted by Crippen LogP contribution is 2.44. The van der Waals surface area contributed by atoms with Gasteiger partial charge >= 0.3 is 0 Å². The second-order valence-corrected chi connectivity index (χ2v) is 6.79. The molecule has 3 atom stereocenters. The number of benzene rings is 1. The van der Waals surface area contributed by atoms with E-state index >= 15 is 0 Å². The molecule has 0 radical (unpaired) electrons. The summed E-state index contributed by atoms with van der Waals surface area (Å²) in [5, 5.41) is 14.8. The van der Waals surface area contributed by atoms with Crippen LogP contribution in [0.5, 0.6) is 0 Å². The van der Waals surface area contributed by atoms with Gasteiger partial charge in [0.1, 0.15) is 0 Å². The predicted molar refractivity (Wildman–Crippen MR) is 78.0 cm³/mol. The average Bonchev–Trinajstić information content (AvgIpc) is 2.36. The van der Waals surface area contributed by atoms with E-state index in [1.165, 1.54) is 17.5 Å². The van der Waals surface area contributed by atoms with E-state index in [0.717, 1.165) is 25.8 Å². The summed E-state index contributed by atoms with van der Waals surface area (Å²) < 4.78 is 0. The van der Waals surface area contributed by atoms with Crippen LogP contribution >= 0.6 is 0 Å². The van der Waals surface area contributed by atoms with Gasteiger partial charge in [-0.3, -0.25) is 0 Å². The Morgan fingerprint density at radius 2 is 1.84 bits per heavy atom. The van der Waals surface area contributed by atoms with Crippen LogP contribution in [0.1, 0.15) is 50.3 Å². The van der Waals surface area contributed by atoms with Gasteiger partial charge < -0.3 is 10.4 Å². The van der Waals surface area contributed by atoms with Crippen LogP contribution in [-0.4, -0.2) is 17.3 Å². The van der Waals surface area contributed by atoms with Crippen LogP contribution in [0.25, 0.3) is 0 Å². The van der Waals surface area contributed by atoms with Crippen molar-refractivity contribution >= 4 is 0 Å². The molecule has 3 unspecified atom stereocenters. The van der Waals surface area contributed by atoms with Crippen molar-refractivity contribution in [3.8, 4) is 0 Å². The summed E-state index contributed by atoms with van der Waals surface area (Å²) in [5.41, 5.74) is 2.15. The molecule has 0 saturated heterocycles. The third-order valence-corrected chi connectivity index (χ3v) is 4.85. The van der Waals surface area contributed by atoms with Gasteiger partial charge in [0.15, 0.2) is 0 Å². The zero-order chi connectivity index (χ0) is 13.5. The number of fused-ring (bicyclic) bond motifs is 1. The minimum absolute atomic E-state index is 0.114. The Kier molecular flexibility index (Phi) is 3.40. The maximum absolute atomic E-state index is 11.2. The first-order chi connectivity index (χ1) is 9.08. The Morgan fingerprint density at radius 3 is 2.58 bits per heavy atom. The molecule has 1 aromatic carbocycles. The lowest BCUT2D eigenvalue weighted by Crippen LogP contribution is -2.50. The van der Waals surface area contributed by atoms with Gasteiger partial charge in [0.2, 0.25) is 0 Å². The molecule has 0 amide bonds. The fourth-order valence-corrected chi connectivity index (χ4v) is 4.36. The van der Waals surface area contributed by atoms with Crippen LogP contribution < -0.4 is 5.32 Å². The van der Waals surface area contributed by atoms with Gasteiger partial charge in [-0.05, 0) is 55.2 Å². The van der Waals surface area contributed by atoms with Crippen molar-refractivity contribution in [3.63, 3.8) is 0 Å². The molecule has 104 valence electrons. The summed E-state index contributed by atoms with van der Waals surface area (Å²) in [4.78, 5) is 0. The van der Waals surface area contributed by atoms with Crippen molar-refractivity contribution in [2.75, 3.05) is 6.54 Å². The lowest BCUT2D eigenvalue weighted by molar-refractivity contribution is -0.0630. The van der Waals surface area contributed by atoms with E-state index in [9.17, 15) is 5.11 Å². The van der Waals surface area contributed by atoms with Gasteiger partial charge in [-0.15, -0.1) is 0 Å². The predicted octanol–water partition coefficient (Wildman–Crippen LogP) is 3.06. The number of hydrogen-bond donors (Lipinski definition) is 2. The summed E-state index contributed by atoms with van der Waals surface area (Å²) in [5.74, 6) is 1.23. The minimum Gasteiger partial charge on any atom is -0.388 e. The molecule has 2 N–H and O–H groups in total. The largest absolute Gasteiger partial charge is 0.388 e. The van der Waals surface area contributed by atoms with Crippen LogP contribution in [0, 0.1) is 11.8 Å². The van der Waals surface area contributed by atoms with Crippen molar-refractivity contribution in [3.05, 3.63) is 35.4 Å². The summed E-state index contributed by atoms with van der Waals surface area (Å²) in [6.45, 7) is 5.53. The Hall–Kier alpha value is -0.860. The van der Waals surface area contributed by atoms with Crippen LogP contribution in [0.2, 0.25) is 0 Å². The Balaban J connectivity index is 1.94. The number of aliphatic hydroxyl groups is 1. The average molecular weight is 259 g/mol. The fraction of sp³-hybridized carbons (Fsp3) is 0.647. The molecule has 1 aromatic rings. The Bertz CT molecular complexity index is 446. The highest BCUT2D eigenvalue weighted by Gasteiger charge is 2.44. The van der Waals surface area contributed by atoms with Gasteiger partial charge in [0, 0.05) is 0 Å². The Labute approximate surface area is 116 Å². The van der Waals surface area contributed by atoms with Crippen LogP contribution in [0.15, 0.2) is 24.3 Å². The van der Waals surface area contributed by atoms with E-state index in [-0.39, 0.29) is 6.04 Å². The van der Waals surface area contributed by atoms with E-state index < -0.39 is 5.60 Å². The highest BCUT2D eigenvalue weighted by atomic mass is 16.3. The summed E-state index contributed by atoms with van der Waals surface area (Å²) in [6, 6.07) is 8.72. The molecule has 1 aliphatic heterocycles. The molecule has 2 nitrogen and oxygen atoms in total. The molecule has 2 aliphatic rings. The molecule has 3 rings (SSSR count). The molecular formula is C17H25NO. The van der Waals surface area contributed by atoms with E-state index in [1.54, 1.807) is 0 Å². The molecule has 1 heterocycles. The fourth-order valence-electron chi connectivity index (χ4n) is 4.36. The van der Waals surface area contributed by atoms with Crippen molar-refractivity contribution in [1.82, 2.24) is 5.32 Å². The number of rotatable bonds is 1. The monoisotopic (exact) mass is 259 g/mol. The molecule has 1 aliphatic carbocycles. The van der Waals surface area contributed by atoms with Gasteiger partial charge in [-0.2, -0.15) is 0 Å². The van der Waals surface area contributed by atoms with Crippen LogP contribution in [-0.2, 0) is 6.42 Å². The van der Waals surface area contributed by atoms with Gasteiger partial charge in [0.25, 0.3) is 0 Å². The quantitative estimate of drug-likeness (QED) is 0.812. The zero-order valence-corrected chi connectivity index (χ0v) is 12.0. The van der Waals surface area contributed by atoms with E-state index in [2.05, 4.69) is 43.4 Å². The van der Waals surface area contributed by atoms with Gasteiger partial charge in [-0.25, -0.2) is 0 Å². The SMILES string of the molecule is CC1CC(C)CC(O)(C2NCCc3ccccc32)C1. The maximum Gasteiger partial charge on any atom is 0.0846 e. The summed E-state index contributed by atoms with van der Waals surface area (Å²) >= 11 is 0. The first-order valence-electron chi connectivity index (χ1n) is 7.62. The smallest absolute Gasteiger partial charge is 0.0846 e. The Morgan fingerprint density at radius 1 is 1.16 bits per heavy atom. The van der Waals surface area contributed by atoms with Gasteiger partial charge in [0.05, 0.1) is 11.6 Å². The minimum atomic E-state index is -0.576. The van der Waals surface area contributed by atoms with Crippen molar-refractivity contribution in [1.29, 1.82) is 0 Å². The maximum atomic E-state index is 11.2. The zero-order valence-electron chi connectivity index (χ0n) is 12.0. The molecule has 0 bridgehead atoms. The molecule has 1 saturated carbocycles. The van der Waals surface area contributed by atoms with Crippen LogP contribution in [0.3, 0.4) is 0 Å². The normalized spacial score (nSPS) is 38.8. The van der Waals surface area contributed by atoms with E-state index in [0.29, 0.717) is 11.8 Å². The van der Waals surface area contributed by atoms with Crippen molar-refractivity contribution in [2.45, 2.75) is 51.2 Å². The van der Waals surface area contributed by atoms with E-state index in [4.69, 9.17) is 0 Å². The van der Waals surface area contributed by atoms with Gasteiger partial charge in [-0.1, -0.05) is 38.1 Å². The molecule has 0 spiro atoms. The topological polar surface area (TPSA) is 32.3 Å². The second kappa shape index (κ2) is 4.92. The first kappa shape index (κ1) is 13.1. The summed E-state index contributed by atoms with van der Waals surface area (Å²) in [6.07, 6.45) is 4.16. The highest BCUT2D eigenvalue weighted by molar-refractivity contribution is 5.34. The molecule has 0 aromatic heterocycles. The molecular weight excluding hydrogens is 234 g/mol. The lowest BCUT2D eigenvalue weighted by atomic mass is 9.68. The number of hydrogen-bond acceptors (Lipinski definition) is 2. The third kappa shape index (κ3) is 2.44. The van der Waals surface area contributed by atoms with Crippen molar-refractivity contribution in [2.24, 2.45) is 11.8 Å². The molecule has 19 heavy (non-hydrogen) atoms. The molecule has 2 heteroatoms. The second-order valence-electron chi connectivity index (χ2n) is 6.79. The van der Waals surface area contributed by atoms with Crippen molar-refractivity contribution < 1.29 is 5.11 Å². The van der Waals surface area contributed by atoms with Crippen LogP contribution in [0.4, 0.5) is 0 Å². The summed E-state index contributed by atoms with van der Waals surface area (Å²) in [7, 11) is 0. The van der Waals surface area contributed by atoms with E-state index in [1.807, 2.05) is 0 Å².